The Hall–Kier alpha value is -0.163. The van der Waals surface area contributed by atoms with Crippen LogP contribution in [0, 0.1) is 0 Å². The van der Waals surface area contributed by atoms with E-state index in [1.54, 1.807) is 0 Å². The van der Waals surface area contributed by atoms with Gasteiger partial charge in [0.15, 0.2) is 8.32 Å². The van der Waals surface area contributed by atoms with Crippen LogP contribution in [0.25, 0.3) is 0 Å². The highest BCUT2D eigenvalue weighted by Gasteiger charge is 2.37. The molecular formula is C15H25BrO2Si. The molecule has 1 rings (SSSR count). The minimum atomic E-state index is -1.72. The van der Waals surface area contributed by atoms with Crippen molar-refractivity contribution in [1.29, 1.82) is 0 Å². The van der Waals surface area contributed by atoms with Crippen molar-refractivity contribution in [3.63, 3.8) is 0 Å². The molecule has 108 valence electrons. The molecule has 0 saturated heterocycles. The van der Waals surface area contributed by atoms with Crippen molar-refractivity contribution in [3.8, 4) is 0 Å². The van der Waals surface area contributed by atoms with Gasteiger partial charge in [0.25, 0.3) is 0 Å². The van der Waals surface area contributed by atoms with Gasteiger partial charge in [-0.25, -0.2) is 0 Å². The number of aliphatic hydroxyl groups is 1. The van der Waals surface area contributed by atoms with Gasteiger partial charge in [0, 0.05) is 11.1 Å². The quantitative estimate of drug-likeness (QED) is 0.796. The Morgan fingerprint density at radius 2 is 1.84 bits per heavy atom. The number of halogens is 1. The predicted molar refractivity (Wildman–Crippen MR) is 86.9 cm³/mol. The molecule has 1 N–H and O–H groups in total. The number of hydrogen-bond acceptors (Lipinski definition) is 2. The monoisotopic (exact) mass is 344 g/mol. The van der Waals surface area contributed by atoms with Crippen molar-refractivity contribution in [2.75, 3.05) is 6.61 Å². The average Bonchev–Trinajstić information content (AvgIpc) is 2.27. The summed E-state index contributed by atoms with van der Waals surface area (Å²) >= 11 is 3.47. The van der Waals surface area contributed by atoms with Crippen LogP contribution in [0.1, 0.15) is 31.9 Å². The third-order valence-electron chi connectivity index (χ3n) is 3.94. The van der Waals surface area contributed by atoms with Crippen molar-refractivity contribution in [2.24, 2.45) is 0 Å². The maximum Gasteiger partial charge on any atom is 0.192 e. The maximum absolute atomic E-state index is 9.14. The molecular weight excluding hydrogens is 320 g/mol. The number of aliphatic hydroxyl groups excluding tert-OH is 1. The lowest BCUT2D eigenvalue weighted by atomic mass is 10.1. The first-order valence-corrected chi connectivity index (χ1v) is 10.4. The van der Waals surface area contributed by atoms with E-state index in [0.29, 0.717) is 13.0 Å². The van der Waals surface area contributed by atoms with E-state index in [2.05, 4.69) is 61.9 Å². The molecule has 19 heavy (non-hydrogen) atoms. The van der Waals surface area contributed by atoms with Gasteiger partial charge in [-0.05, 0) is 47.8 Å². The van der Waals surface area contributed by atoms with E-state index in [-0.39, 0.29) is 11.6 Å². The molecule has 0 atom stereocenters. The van der Waals surface area contributed by atoms with E-state index in [9.17, 15) is 0 Å². The molecule has 2 nitrogen and oxygen atoms in total. The Labute approximate surface area is 126 Å². The summed E-state index contributed by atoms with van der Waals surface area (Å²) in [5.41, 5.74) is 2.35. The zero-order valence-electron chi connectivity index (χ0n) is 12.6. The van der Waals surface area contributed by atoms with Crippen LogP contribution in [0.3, 0.4) is 0 Å². The van der Waals surface area contributed by atoms with E-state index < -0.39 is 8.32 Å². The van der Waals surface area contributed by atoms with Gasteiger partial charge in [-0.3, -0.25) is 0 Å². The Bertz CT molecular complexity index is 425. The van der Waals surface area contributed by atoms with Crippen LogP contribution in [0.15, 0.2) is 22.7 Å². The van der Waals surface area contributed by atoms with Gasteiger partial charge in [0.1, 0.15) is 0 Å². The lowest BCUT2D eigenvalue weighted by Crippen LogP contribution is -2.40. The van der Waals surface area contributed by atoms with E-state index in [1.807, 2.05) is 6.07 Å². The molecule has 0 unspecified atom stereocenters. The summed E-state index contributed by atoms with van der Waals surface area (Å²) in [4.78, 5) is 0. The van der Waals surface area contributed by atoms with Crippen LogP contribution in [0.2, 0.25) is 18.1 Å². The van der Waals surface area contributed by atoms with E-state index >= 15 is 0 Å². The minimum absolute atomic E-state index is 0.170. The fraction of sp³-hybridized carbons (Fsp3) is 0.600. The molecule has 0 spiro atoms. The molecule has 0 saturated carbocycles. The van der Waals surface area contributed by atoms with Gasteiger partial charge in [0.2, 0.25) is 0 Å². The van der Waals surface area contributed by atoms with Gasteiger partial charge in [-0.15, -0.1) is 0 Å². The number of benzene rings is 1. The highest BCUT2D eigenvalue weighted by atomic mass is 79.9. The molecule has 0 aliphatic carbocycles. The van der Waals surface area contributed by atoms with Crippen LogP contribution >= 0.6 is 15.9 Å². The topological polar surface area (TPSA) is 29.5 Å². The van der Waals surface area contributed by atoms with Crippen LogP contribution in [-0.2, 0) is 17.5 Å². The summed E-state index contributed by atoms with van der Waals surface area (Å²) < 4.78 is 7.30. The molecule has 0 amide bonds. The fourth-order valence-electron chi connectivity index (χ4n) is 1.56. The zero-order valence-corrected chi connectivity index (χ0v) is 15.2. The lowest BCUT2D eigenvalue weighted by Gasteiger charge is -2.36. The van der Waals surface area contributed by atoms with Crippen LogP contribution in [-0.4, -0.2) is 20.0 Å². The highest BCUT2D eigenvalue weighted by molar-refractivity contribution is 9.10. The standard InChI is InChI=1S/C15H25BrO2Si/c1-15(2,3)19(4,5)18-11-13-6-7-14(16)10-12(13)8-9-17/h6-7,10,17H,8-9,11H2,1-5H3. The first-order valence-electron chi connectivity index (χ1n) is 6.69. The summed E-state index contributed by atoms with van der Waals surface area (Å²) in [5, 5.41) is 9.37. The Kier molecular flexibility index (Phi) is 5.80. The van der Waals surface area contributed by atoms with Crippen LogP contribution < -0.4 is 0 Å². The van der Waals surface area contributed by atoms with Crippen molar-refractivity contribution in [3.05, 3.63) is 33.8 Å². The Balaban J connectivity index is 2.83. The fourth-order valence-corrected chi connectivity index (χ4v) is 2.92. The zero-order chi connectivity index (χ0) is 14.7. The van der Waals surface area contributed by atoms with Crippen molar-refractivity contribution in [1.82, 2.24) is 0 Å². The number of rotatable bonds is 5. The Morgan fingerprint density at radius 1 is 1.21 bits per heavy atom. The second-order valence-corrected chi connectivity index (χ2v) is 12.2. The summed E-state index contributed by atoms with van der Waals surface area (Å²) in [6.45, 7) is 12.1. The normalized spacial score (nSPS) is 12.8. The molecule has 0 radical (unpaired) electrons. The smallest absolute Gasteiger partial charge is 0.192 e. The van der Waals surface area contributed by atoms with Crippen LogP contribution in [0.4, 0.5) is 0 Å². The number of hydrogen-bond donors (Lipinski definition) is 1. The lowest BCUT2D eigenvalue weighted by molar-refractivity contribution is 0.272. The largest absolute Gasteiger partial charge is 0.413 e. The average molecular weight is 345 g/mol. The molecule has 0 aromatic heterocycles. The van der Waals surface area contributed by atoms with Crippen LogP contribution in [0.5, 0.6) is 0 Å². The summed E-state index contributed by atoms with van der Waals surface area (Å²) in [6, 6.07) is 6.19. The van der Waals surface area contributed by atoms with Gasteiger partial charge >= 0.3 is 0 Å². The SMILES string of the molecule is CC(C)(C)[Si](C)(C)OCc1ccc(Br)cc1CCO. The molecule has 4 heteroatoms. The van der Waals surface area contributed by atoms with Crippen molar-refractivity contribution in [2.45, 2.75) is 51.9 Å². The first kappa shape index (κ1) is 16.9. The van der Waals surface area contributed by atoms with E-state index in [1.165, 1.54) is 5.56 Å². The molecule has 0 heterocycles. The molecule has 1 aromatic rings. The van der Waals surface area contributed by atoms with Gasteiger partial charge in [-0.2, -0.15) is 0 Å². The second kappa shape index (κ2) is 6.53. The second-order valence-electron chi connectivity index (χ2n) is 6.44. The third kappa shape index (κ3) is 4.70. The molecule has 0 aliphatic heterocycles. The van der Waals surface area contributed by atoms with E-state index in [0.717, 1.165) is 10.0 Å². The molecule has 0 fully saturated rings. The Morgan fingerprint density at radius 3 is 2.37 bits per heavy atom. The van der Waals surface area contributed by atoms with Gasteiger partial charge < -0.3 is 9.53 Å². The molecule has 1 aromatic carbocycles. The third-order valence-corrected chi connectivity index (χ3v) is 8.92. The molecule has 0 aliphatic rings. The maximum atomic E-state index is 9.14. The first-order chi connectivity index (χ1) is 8.67. The van der Waals surface area contributed by atoms with Gasteiger partial charge in [-0.1, -0.05) is 42.8 Å². The predicted octanol–water partition coefficient (Wildman–Crippen LogP) is 4.51. The van der Waals surface area contributed by atoms with Crippen molar-refractivity contribution >= 4 is 24.2 Å². The summed E-state index contributed by atoms with van der Waals surface area (Å²) in [7, 11) is -1.72. The van der Waals surface area contributed by atoms with Crippen molar-refractivity contribution < 1.29 is 9.53 Å². The van der Waals surface area contributed by atoms with Gasteiger partial charge in [0.05, 0.1) is 6.61 Å². The summed E-state index contributed by atoms with van der Waals surface area (Å²) in [5.74, 6) is 0. The minimum Gasteiger partial charge on any atom is -0.413 e. The summed E-state index contributed by atoms with van der Waals surface area (Å²) in [6.07, 6.45) is 0.676. The molecule has 0 bridgehead atoms. The highest BCUT2D eigenvalue weighted by Crippen LogP contribution is 2.37. The van der Waals surface area contributed by atoms with E-state index in [4.69, 9.17) is 9.53 Å².